The number of phenolic OH excluding ortho intramolecular Hbond substituents is 1. The average molecular weight is 198 g/mol. The number of ether oxygens (including phenoxy) is 1. The van der Waals surface area contributed by atoms with Gasteiger partial charge in [-0.3, -0.25) is 0 Å². The molecule has 13 heavy (non-hydrogen) atoms. The maximum Gasteiger partial charge on any atom is 0.129 e. The highest BCUT2D eigenvalue weighted by molar-refractivity contribution is 7.80. The lowest BCUT2D eigenvalue weighted by Gasteiger charge is -2.06. The summed E-state index contributed by atoms with van der Waals surface area (Å²) in [5, 5.41) is 9.18. The molecular weight excluding hydrogens is 184 g/mol. The molecule has 0 aliphatic rings. The number of rotatable bonds is 4. The topological polar surface area (TPSA) is 29.5 Å². The van der Waals surface area contributed by atoms with Crippen molar-refractivity contribution in [3.8, 4) is 11.5 Å². The Kier molecular flexibility index (Phi) is 3.96. The molecule has 0 heterocycles. The third-order valence-corrected chi connectivity index (χ3v) is 2.07. The van der Waals surface area contributed by atoms with Gasteiger partial charge in [0.25, 0.3) is 0 Å². The maximum absolute atomic E-state index is 9.18. The summed E-state index contributed by atoms with van der Waals surface area (Å²) in [6.45, 7) is 2.83. The Hall–Kier alpha value is -0.830. The summed E-state index contributed by atoms with van der Waals surface area (Å²) in [7, 11) is 0. The average Bonchev–Trinajstić information content (AvgIpc) is 2.12. The van der Waals surface area contributed by atoms with Gasteiger partial charge < -0.3 is 9.84 Å². The largest absolute Gasteiger partial charge is 0.507 e. The number of hydrogen-bond donors (Lipinski definition) is 2. The van der Waals surface area contributed by atoms with Crippen molar-refractivity contribution in [3.63, 3.8) is 0 Å². The van der Waals surface area contributed by atoms with Crippen LogP contribution in [0.1, 0.15) is 19.8 Å². The highest BCUT2D eigenvalue weighted by Gasteiger charge is 1.98. The van der Waals surface area contributed by atoms with Crippen molar-refractivity contribution in [2.24, 2.45) is 0 Å². The molecule has 0 aliphatic heterocycles. The predicted molar refractivity (Wildman–Crippen MR) is 55.8 cm³/mol. The molecule has 0 saturated heterocycles. The van der Waals surface area contributed by atoms with Gasteiger partial charge >= 0.3 is 0 Å². The van der Waals surface area contributed by atoms with Crippen molar-refractivity contribution < 1.29 is 9.84 Å². The first-order valence-corrected chi connectivity index (χ1v) is 4.83. The monoisotopic (exact) mass is 198 g/mol. The SMILES string of the molecule is CCCCOc1ccc(O)c(S)c1. The first kappa shape index (κ1) is 10.3. The van der Waals surface area contributed by atoms with Crippen LogP contribution in [-0.2, 0) is 0 Å². The van der Waals surface area contributed by atoms with E-state index >= 15 is 0 Å². The quantitative estimate of drug-likeness (QED) is 0.575. The zero-order valence-corrected chi connectivity index (χ0v) is 8.55. The summed E-state index contributed by atoms with van der Waals surface area (Å²) >= 11 is 4.08. The van der Waals surface area contributed by atoms with E-state index < -0.39 is 0 Å². The van der Waals surface area contributed by atoms with Gasteiger partial charge in [-0.1, -0.05) is 13.3 Å². The van der Waals surface area contributed by atoms with E-state index in [2.05, 4.69) is 19.6 Å². The summed E-state index contributed by atoms with van der Waals surface area (Å²) in [5.74, 6) is 0.947. The Balaban J connectivity index is 2.53. The zero-order valence-electron chi connectivity index (χ0n) is 7.66. The molecule has 0 spiro atoms. The Morgan fingerprint density at radius 3 is 2.85 bits per heavy atom. The zero-order chi connectivity index (χ0) is 9.68. The Labute approximate surface area is 84.0 Å². The molecule has 0 amide bonds. The Bertz CT molecular complexity index is 274. The lowest BCUT2D eigenvalue weighted by atomic mass is 10.3. The molecular formula is C10H14O2S. The highest BCUT2D eigenvalue weighted by atomic mass is 32.1. The van der Waals surface area contributed by atoms with Crippen molar-refractivity contribution in [2.45, 2.75) is 24.7 Å². The minimum Gasteiger partial charge on any atom is -0.507 e. The third-order valence-electron chi connectivity index (χ3n) is 1.71. The van der Waals surface area contributed by atoms with E-state index in [9.17, 15) is 5.11 Å². The van der Waals surface area contributed by atoms with Gasteiger partial charge in [0.15, 0.2) is 0 Å². The third kappa shape index (κ3) is 3.19. The van der Waals surface area contributed by atoms with Gasteiger partial charge in [-0.05, 0) is 24.6 Å². The van der Waals surface area contributed by atoms with Gasteiger partial charge in [0.1, 0.15) is 11.5 Å². The summed E-state index contributed by atoms with van der Waals surface area (Å²) in [6.07, 6.45) is 2.16. The van der Waals surface area contributed by atoms with Crippen LogP contribution < -0.4 is 4.74 Å². The fraction of sp³-hybridized carbons (Fsp3) is 0.400. The van der Waals surface area contributed by atoms with Crippen LogP contribution in [0.2, 0.25) is 0 Å². The number of aromatic hydroxyl groups is 1. The molecule has 2 nitrogen and oxygen atoms in total. The second-order valence-corrected chi connectivity index (χ2v) is 3.33. The van der Waals surface area contributed by atoms with Crippen molar-refractivity contribution in [2.75, 3.05) is 6.61 Å². The van der Waals surface area contributed by atoms with Gasteiger partial charge in [0.05, 0.1) is 6.61 Å². The van der Waals surface area contributed by atoms with Gasteiger partial charge in [0.2, 0.25) is 0 Å². The normalized spacial score (nSPS) is 10.0. The first-order valence-electron chi connectivity index (χ1n) is 4.39. The highest BCUT2D eigenvalue weighted by Crippen LogP contribution is 2.25. The molecule has 0 atom stereocenters. The lowest BCUT2D eigenvalue weighted by Crippen LogP contribution is -1.95. The summed E-state index contributed by atoms with van der Waals surface area (Å²) in [5.41, 5.74) is 0. The van der Waals surface area contributed by atoms with Crippen LogP contribution in [0.25, 0.3) is 0 Å². The minimum absolute atomic E-state index is 0.186. The second kappa shape index (κ2) is 5.02. The molecule has 1 aromatic carbocycles. The number of phenols is 1. The van der Waals surface area contributed by atoms with Crippen LogP contribution in [0.5, 0.6) is 11.5 Å². The van der Waals surface area contributed by atoms with Gasteiger partial charge in [-0.15, -0.1) is 12.6 Å². The molecule has 0 radical (unpaired) electrons. The predicted octanol–water partition coefficient (Wildman–Crippen LogP) is 2.86. The second-order valence-electron chi connectivity index (χ2n) is 2.85. The Morgan fingerprint density at radius 2 is 2.23 bits per heavy atom. The van der Waals surface area contributed by atoms with E-state index in [0.717, 1.165) is 18.6 Å². The number of benzene rings is 1. The van der Waals surface area contributed by atoms with Crippen molar-refractivity contribution in [1.29, 1.82) is 0 Å². The lowest BCUT2D eigenvalue weighted by molar-refractivity contribution is 0.308. The van der Waals surface area contributed by atoms with E-state index in [1.54, 1.807) is 18.2 Å². The van der Waals surface area contributed by atoms with Gasteiger partial charge in [-0.25, -0.2) is 0 Å². The summed E-state index contributed by atoms with van der Waals surface area (Å²) in [6, 6.07) is 5.04. The standard InChI is InChI=1S/C10H14O2S/c1-2-3-6-12-8-4-5-9(11)10(13)7-8/h4-5,7,11,13H,2-3,6H2,1H3. The van der Waals surface area contributed by atoms with Gasteiger partial charge in [0, 0.05) is 4.90 Å². The fourth-order valence-corrected chi connectivity index (χ4v) is 1.13. The molecule has 0 fully saturated rings. The van der Waals surface area contributed by atoms with Crippen LogP contribution in [-0.4, -0.2) is 11.7 Å². The van der Waals surface area contributed by atoms with E-state index in [0.29, 0.717) is 11.5 Å². The summed E-state index contributed by atoms with van der Waals surface area (Å²) in [4.78, 5) is 0.550. The van der Waals surface area contributed by atoms with E-state index in [4.69, 9.17) is 4.74 Å². The molecule has 0 aliphatic carbocycles. The fourth-order valence-electron chi connectivity index (χ4n) is 0.927. The molecule has 3 heteroatoms. The van der Waals surface area contributed by atoms with Crippen LogP contribution in [0.3, 0.4) is 0 Å². The van der Waals surface area contributed by atoms with Crippen LogP contribution in [0, 0.1) is 0 Å². The summed E-state index contributed by atoms with van der Waals surface area (Å²) < 4.78 is 5.42. The Morgan fingerprint density at radius 1 is 1.46 bits per heavy atom. The van der Waals surface area contributed by atoms with E-state index in [-0.39, 0.29) is 5.75 Å². The van der Waals surface area contributed by atoms with Crippen LogP contribution >= 0.6 is 12.6 Å². The first-order chi connectivity index (χ1) is 6.24. The molecule has 72 valence electrons. The van der Waals surface area contributed by atoms with Crippen molar-refractivity contribution >= 4 is 12.6 Å². The molecule has 1 rings (SSSR count). The van der Waals surface area contributed by atoms with E-state index in [1.807, 2.05) is 0 Å². The van der Waals surface area contributed by atoms with Crippen molar-refractivity contribution in [1.82, 2.24) is 0 Å². The van der Waals surface area contributed by atoms with Crippen LogP contribution in [0.15, 0.2) is 23.1 Å². The molecule has 0 bridgehead atoms. The van der Waals surface area contributed by atoms with Crippen molar-refractivity contribution in [3.05, 3.63) is 18.2 Å². The number of hydrogen-bond acceptors (Lipinski definition) is 3. The molecule has 0 aromatic heterocycles. The van der Waals surface area contributed by atoms with E-state index in [1.165, 1.54) is 0 Å². The molecule has 1 N–H and O–H groups in total. The maximum atomic E-state index is 9.18. The number of thiol groups is 1. The molecule has 1 aromatic rings. The molecule has 0 unspecified atom stereocenters. The molecule has 0 saturated carbocycles. The number of unbranched alkanes of at least 4 members (excludes halogenated alkanes) is 1. The smallest absolute Gasteiger partial charge is 0.129 e. The van der Waals surface area contributed by atoms with Crippen LogP contribution in [0.4, 0.5) is 0 Å². The van der Waals surface area contributed by atoms with Gasteiger partial charge in [-0.2, -0.15) is 0 Å². The minimum atomic E-state index is 0.186.